The van der Waals surface area contributed by atoms with Crippen LogP contribution < -0.4 is 10.6 Å². The monoisotopic (exact) mass is 508 g/mol. The van der Waals surface area contributed by atoms with Crippen molar-refractivity contribution in [3.8, 4) is 11.4 Å². The van der Waals surface area contributed by atoms with Gasteiger partial charge in [0, 0.05) is 49.2 Å². The molecule has 1 aliphatic heterocycles. The molecule has 1 aromatic carbocycles. The Labute approximate surface area is 214 Å². The summed E-state index contributed by atoms with van der Waals surface area (Å²) in [7, 11) is 3.87. The molecule has 0 radical (unpaired) electrons. The van der Waals surface area contributed by atoms with Crippen LogP contribution in [0.25, 0.3) is 11.4 Å². The minimum absolute atomic E-state index is 0.0271. The van der Waals surface area contributed by atoms with Gasteiger partial charge in [0.05, 0.1) is 17.5 Å². The Hall–Kier alpha value is -3.76. The first kappa shape index (κ1) is 25.3. The quantitative estimate of drug-likeness (QED) is 0.399. The summed E-state index contributed by atoms with van der Waals surface area (Å²) < 4.78 is 0. The van der Waals surface area contributed by atoms with Crippen molar-refractivity contribution in [3.63, 3.8) is 0 Å². The Bertz CT molecular complexity index is 1200. The number of rotatable bonds is 8. The summed E-state index contributed by atoms with van der Waals surface area (Å²) >= 11 is 6.23. The third-order valence-electron chi connectivity index (χ3n) is 5.74. The highest BCUT2D eigenvalue weighted by Crippen LogP contribution is 2.25. The van der Waals surface area contributed by atoms with Gasteiger partial charge in [-0.1, -0.05) is 17.7 Å². The van der Waals surface area contributed by atoms with E-state index >= 15 is 0 Å². The number of hydrogen-bond donors (Lipinski definition) is 3. The number of H-pyrrole nitrogens is 1. The van der Waals surface area contributed by atoms with E-state index in [4.69, 9.17) is 11.6 Å². The maximum absolute atomic E-state index is 13.0. The van der Waals surface area contributed by atoms with E-state index in [1.807, 2.05) is 23.9 Å². The van der Waals surface area contributed by atoms with Gasteiger partial charge in [-0.3, -0.25) is 9.59 Å². The zero-order valence-corrected chi connectivity index (χ0v) is 21.0. The molecule has 11 heteroatoms. The zero-order valence-electron chi connectivity index (χ0n) is 20.2. The first-order valence-corrected chi connectivity index (χ1v) is 12.1. The summed E-state index contributed by atoms with van der Waals surface area (Å²) in [5, 5.41) is 6.58. The predicted octanol–water partition coefficient (Wildman–Crippen LogP) is 3.29. The first-order valence-electron chi connectivity index (χ1n) is 11.7. The van der Waals surface area contributed by atoms with Crippen molar-refractivity contribution in [3.05, 3.63) is 65.7 Å². The molecule has 1 saturated heterocycles. The molecule has 1 fully saturated rings. The molecule has 36 heavy (non-hydrogen) atoms. The van der Waals surface area contributed by atoms with Crippen molar-refractivity contribution in [1.29, 1.82) is 0 Å². The van der Waals surface area contributed by atoms with E-state index in [0.29, 0.717) is 53.2 Å². The van der Waals surface area contributed by atoms with E-state index < -0.39 is 0 Å². The second-order valence-corrected chi connectivity index (χ2v) is 9.19. The lowest BCUT2D eigenvalue weighted by atomic mass is 10.0. The SMILES string of the molecule is CN(C)C/C=C/C(=O)Nc1ccc(C(=O)N2CCC(Nc3ncc(Cl)c(-c4c[nH]cn4)n3)CC2)cc1. The lowest BCUT2D eigenvalue weighted by Gasteiger charge is -2.32. The van der Waals surface area contributed by atoms with E-state index in [1.165, 1.54) is 6.08 Å². The Kier molecular flexibility index (Phi) is 8.29. The number of imidazole rings is 1. The summed E-state index contributed by atoms with van der Waals surface area (Å²) in [5.41, 5.74) is 2.45. The number of benzene rings is 1. The molecule has 3 heterocycles. The standard InChI is InChI=1S/C25H29ClN8O2/c1-33(2)11-3-4-22(35)30-18-7-5-17(6-8-18)24(36)34-12-9-19(10-13-34)31-25-28-14-20(26)23(32-25)21-15-27-16-29-21/h3-8,14-16,19H,9-13H2,1-2H3,(H,27,29)(H,30,35)(H,28,31,32)/b4-3+. The molecular weight excluding hydrogens is 480 g/mol. The zero-order chi connectivity index (χ0) is 25.5. The lowest BCUT2D eigenvalue weighted by molar-refractivity contribution is -0.111. The van der Waals surface area contributed by atoms with Crippen LogP contribution in [-0.2, 0) is 4.79 Å². The van der Waals surface area contributed by atoms with Crippen molar-refractivity contribution in [2.24, 2.45) is 0 Å². The molecule has 3 N–H and O–H groups in total. The van der Waals surface area contributed by atoms with Crippen LogP contribution >= 0.6 is 11.6 Å². The smallest absolute Gasteiger partial charge is 0.253 e. The average molecular weight is 509 g/mol. The van der Waals surface area contributed by atoms with Crippen molar-refractivity contribution >= 4 is 35.1 Å². The van der Waals surface area contributed by atoms with Crippen molar-refractivity contribution in [1.82, 2.24) is 29.7 Å². The number of nitrogens with one attached hydrogen (secondary N) is 3. The van der Waals surface area contributed by atoms with Gasteiger partial charge in [-0.2, -0.15) is 0 Å². The van der Waals surface area contributed by atoms with Crippen LogP contribution in [-0.4, -0.2) is 81.3 Å². The number of nitrogens with zero attached hydrogens (tertiary/aromatic N) is 5. The van der Waals surface area contributed by atoms with Gasteiger partial charge in [0.2, 0.25) is 11.9 Å². The van der Waals surface area contributed by atoms with Gasteiger partial charge in [0.25, 0.3) is 5.91 Å². The number of hydrogen-bond acceptors (Lipinski definition) is 7. The highest BCUT2D eigenvalue weighted by Gasteiger charge is 2.24. The van der Waals surface area contributed by atoms with Crippen LogP contribution in [0.3, 0.4) is 0 Å². The number of anilines is 2. The molecule has 2 aromatic heterocycles. The van der Waals surface area contributed by atoms with Crippen LogP contribution in [0.2, 0.25) is 5.02 Å². The number of aromatic nitrogens is 4. The van der Waals surface area contributed by atoms with Crippen molar-refractivity contribution in [2.75, 3.05) is 44.4 Å². The topological polar surface area (TPSA) is 119 Å². The molecule has 0 spiro atoms. The van der Waals surface area contributed by atoms with E-state index in [9.17, 15) is 9.59 Å². The fourth-order valence-electron chi connectivity index (χ4n) is 3.85. The molecule has 0 unspecified atom stereocenters. The van der Waals surface area contributed by atoms with Gasteiger partial charge in [-0.05, 0) is 51.2 Å². The van der Waals surface area contributed by atoms with Crippen LogP contribution in [0.5, 0.6) is 0 Å². The van der Waals surface area contributed by atoms with E-state index in [0.717, 1.165) is 12.8 Å². The molecule has 10 nitrogen and oxygen atoms in total. The molecule has 188 valence electrons. The molecule has 0 saturated carbocycles. The predicted molar refractivity (Wildman–Crippen MR) is 140 cm³/mol. The van der Waals surface area contributed by atoms with Gasteiger partial charge in [-0.15, -0.1) is 0 Å². The number of carbonyl (C=O) groups is 2. The van der Waals surface area contributed by atoms with Crippen LogP contribution in [0.15, 0.2) is 55.1 Å². The molecule has 3 aromatic rings. The largest absolute Gasteiger partial charge is 0.351 e. The average Bonchev–Trinajstić information content (AvgIpc) is 3.40. The molecule has 0 atom stereocenters. The summed E-state index contributed by atoms with van der Waals surface area (Å²) in [6.45, 7) is 1.92. The Morgan fingerprint density at radius 2 is 1.94 bits per heavy atom. The van der Waals surface area contributed by atoms with E-state index in [2.05, 4.69) is 30.6 Å². The Morgan fingerprint density at radius 1 is 1.19 bits per heavy atom. The van der Waals surface area contributed by atoms with E-state index in [-0.39, 0.29) is 17.9 Å². The summed E-state index contributed by atoms with van der Waals surface area (Å²) in [6, 6.07) is 7.11. The Balaban J connectivity index is 1.28. The van der Waals surface area contributed by atoms with Crippen molar-refractivity contribution < 1.29 is 9.59 Å². The van der Waals surface area contributed by atoms with Crippen LogP contribution in [0.4, 0.5) is 11.6 Å². The summed E-state index contributed by atoms with van der Waals surface area (Å²) in [5.74, 6) is 0.254. The summed E-state index contributed by atoms with van der Waals surface area (Å²) in [4.78, 5) is 44.7. The molecule has 2 amide bonds. The number of likely N-dealkylation sites (N-methyl/N-ethyl adjacent to an activating group) is 1. The molecule has 1 aliphatic rings. The van der Waals surface area contributed by atoms with Crippen LogP contribution in [0, 0.1) is 0 Å². The van der Waals surface area contributed by atoms with Gasteiger partial charge < -0.3 is 25.4 Å². The lowest BCUT2D eigenvalue weighted by Crippen LogP contribution is -2.42. The van der Waals surface area contributed by atoms with Gasteiger partial charge in [-0.25, -0.2) is 15.0 Å². The number of likely N-dealkylation sites (tertiary alicyclic amines) is 1. The Morgan fingerprint density at radius 3 is 2.61 bits per heavy atom. The molecule has 0 aliphatic carbocycles. The fraction of sp³-hybridized carbons (Fsp3) is 0.320. The molecule has 4 rings (SSSR count). The number of piperidine rings is 1. The maximum atomic E-state index is 13.0. The second-order valence-electron chi connectivity index (χ2n) is 8.79. The highest BCUT2D eigenvalue weighted by atomic mass is 35.5. The molecule has 0 bridgehead atoms. The number of amides is 2. The third kappa shape index (κ3) is 6.67. The number of aromatic amines is 1. The first-order chi connectivity index (χ1) is 17.4. The second kappa shape index (κ2) is 11.8. The normalized spacial score (nSPS) is 14.4. The minimum atomic E-state index is -0.202. The molecular formula is C25H29ClN8O2. The number of carbonyl (C=O) groups excluding carboxylic acids is 2. The van der Waals surface area contributed by atoms with Gasteiger partial charge in [0.1, 0.15) is 11.4 Å². The highest BCUT2D eigenvalue weighted by molar-refractivity contribution is 6.32. The van der Waals surface area contributed by atoms with E-state index in [1.54, 1.807) is 49.1 Å². The fourth-order valence-corrected chi connectivity index (χ4v) is 4.04. The summed E-state index contributed by atoms with van der Waals surface area (Å²) in [6.07, 6.45) is 9.69. The van der Waals surface area contributed by atoms with Crippen molar-refractivity contribution in [2.45, 2.75) is 18.9 Å². The minimum Gasteiger partial charge on any atom is -0.351 e. The van der Waals surface area contributed by atoms with Gasteiger partial charge in [0.15, 0.2) is 0 Å². The maximum Gasteiger partial charge on any atom is 0.253 e. The van der Waals surface area contributed by atoms with Crippen LogP contribution in [0.1, 0.15) is 23.2 Å². The third-order valence-corrected chi connectivity index (χ3v) is 6.02. The number of halogens is 1. The van der Waals surface area contributed by atoms with Gasteiger partial charge >= 0.3 is 0 Å².